The topological polar surface area (TPSA) is 70.4 Å². The molecule has 32 heavy (non-hydrogen) atoms. The summed E-state index contributed by atoms with van der Waals surface area (Å²) in [7, 11) is 0. The Labute approximate surface area is 188 Å². The van der Waals surface area contributed by atoms with Crippen molar-refractivity contribution in [3.63, 3.8) is 0 Å². The first kappa shape index (κ1) is 20.7. The second kappa shape index (κ2) is 8.37. The quantitative estimate of drug-likeness (QED) is 0.471. The Morgan fingerprint density at radius 1 is 1.16 bits per heavy atom. The summed E-state index contributed by atoms with van der Waals surface area (Å²) in [6.07, 6.45) is 0.944. The molecular formula is C24H23FN4O2S. The average Bonchev–Trinajstić information content (AvgIpc) is 3.36. The van der Waals surface area contributed by atoms with E-state index in [1.807, 2.05) is 52.9 Å². The molecule has 1 aliphatic heterocycles. The maximum Gasteiger partial charge on any atom is 0.265 e. The Morgan fingerprint density at radius 3 is 2.62 bits per heavy atom. The van der Waals surface area contributed by atoms with Crippen LogP contribution in [0.1, 0.15) is 28.2 Å². The van der Waals surface area contributed by atoms with Crippen molar-refractivity contribution in [2.24, 2.45) is 0 Å². The zero-order valence-electron chi connectivity index (χ0n) is 17.6. The minimum absolute atomic E-state index is 0.279. The molecule has 0 radical (unpaired) electrons. The lowest BCUT2D eigenvalue weighted by Crippen LogP contribution is -2.36. The number of carbonyl (C=O) groups is 1. The molecule has 0 unspecified atom stereocenters. The summed E-state index contributed by atoms with van der Waals surface area (Å²) in [5.74, 6) is -0.662. The van der Waals surface area contributed by atoms with Crippen LogP contribution in [0.25, 0.3) is 15.9 Å². The van der Waals surface area contributed by atoms with Gasteiger partial charge in [0.1, 0.15) is 10.6 Å². The molecule has 2 aromatic heterocycles. The number of aryl methyl sites for hydroxylation is 1. The van der Waals surface area contributed by atoms with E-state index >= 15 is 0 Å². The number of para-hydroxylation sites is 1. The molecule has 0 spiro atoms. The first-order chi connectivity index (χ1) is 15.5. The van der Waals surface area contributed by atoms with E-state index in [0.717, 1.165) is 21.6 Å². The third-order valence-corrected chi connectivity index (χ3v) is 6.89. The molecule has 164 valence electrons. The highest BCUT2D eigenvalue weighted by Gasteiger charge is 2.21. The van der Waals surface area contributed by atoms with E-state index in [0.29, 0.717) is 42.2 Å². The van der Waals surface area contributed by atoms with Gasteiger partial charge >= 0.3 is 0 Å². The monoisotopic (exact) mass is 450 g/mol. The molecule has 4 aromatic rings. The van der Waals surface area contributed by atoms with E-state index < -0.39 is 0 Å². The first-order valence-electron chi connectivity index (χ1n) is 10.6. The van der Waals surface area contributed by atoms with Gasteiger partial charge in [-0.25, -0.2) is 9.07 Å². The van der Waals surface area contributed by atoms with Crippen molar-refractivity contribution in [3.8, 4) is 5.69 Å². The Kier molecular flexibility index (Phi) is 5.40. The number of halogens is 1. The van der Waals surface area contributed by atoms with Crippen LogP contribution < -0.4 is 10.2 Å². The normalized spacial score (nSPS) is 14.8. The number of hydrogen-bond donors (Lipinski definition) is 2. The number of nitrogens with zero attached hydrogens (tertiary/aromatic N) is 3. The van der Waals surface area contributed by atoms with Crippen LogP contribution in [0.4, 0.5) is 15.8 Å². The second-order valence-corrected chi connectivity index (χ2v) is 9.03. The second-order valence-electron chi connectivity index (χ2n) is 8.00. The third kappa shape index (κ3) is 3.87. The number of carbonyl (C=O) groups excluding carboxylic acids is 1. The number of hydrogen-bond acceptors (Lipinski definition) is 5. The number of aromatic nitrogens is 2. The van der Waals surface area contributed by atoms with Crippen LogP contribution in [0.2, 0.25) is 0 Å². The molecule has 2 N–H and O–H groups in total. The summed E-state index contributed by atoms with van der Waals surface area (Å²) in [5, 5.41) is 18.0. The zero-order chi connectivity index (χ0) is 22.2. The maximum atomic E-state index is 14.7. The van der Waals surface area contributed by atoms with Gasteiger partial charge in [-0.3, -0.25) is 4.79 Å². The summed E-state index contributed by atoms with van der Waals surface area (Å²) < 4.78 is 16.6. The number of nitrogens with one attached hydrogen (secondary N) is 1. The Bertz CT molecular complexity index is 1280. The van der Waals surface area contributed by atoms with Gasteiger partial charge in [-0.05, 0) is 56.2 Å². The Hall–Kier alpha value is -3.23. The van der Waals surface area contributed by atoms with Crippen LogP contribution in [0.15, 0.2) is 54.6 Å². The molecule has 1 aliphatic rings. The number of anilines is 2. The molecule has 0 atom stereocenters. The summed E-state index contributed by atoms with van der Waals surface area (Å²) in [4.78, 5) is 16.2. The van der Waals surface area contributed by atoms with Crippen molar-refractivity contribution in [2.45, 2.75) is 25.9 Å². The standard InChI is InChI=1S/C24H23FN4O2S/c1-15-19-14-22(32-24(19)29(27-15)17-5-3-2-4-6-17)23(31)26-16-7-8-21(20(25)13-16)28-11-9-18(30)10-12-28/h2-8,13-14,18,30H,9-12H2,1H3,(H,26,31). The lowest BCUT2D eigenvalue weighted by molar-refractivity contribution is 0.103. The number of fused-ring (bicyclic) bond motifs is 1. The van der Waals surface area contributed by atoms with E-state index in [4.69, 9.17) is 0 Å². The number of rotatable bonds is 4. The van der Waals surface area contributed by atoms with E-state index in [1.165, 1.54) is 17.4 Å². The Morgan fingerprint density at radius 2 is 1.91 bits per heavy atom. The molecule has 3 heterocycles. The van der Waals surface area contributed by atoms with Crippen LogP contribution >= 0.6 is 11.3 Å². The minimum atomic E-state index is -0.383. The van der Waals surface area contributed by atoms with Crippen LogP contribution in [0, 0.1) is 12.7 Å². The van der Waals surface area contributed by atoms with Crippen molar-refractivity contribution in [3.05, 3.63) is 71.0 Å². The SMILES string of the molecule is Cc1nn(-c2ccccc2)c2sc(C(=O)Nc3ccc(N4CCC(O)CC4)c(F)c3)cc12. The van der Waals surface area contributed by atoms with Crippen LogP contribution in [-0.2, 0) is 0 Å². The van der Waals surface area contributed by atoms with Gasteiger partial charge in [0, 0.05) is 24.2 Å². The molecule has 0 bridgehead atoms. The summed E-state index contributed by atoms with van der Waals surface area (Å²) in [6, 6.07) is 16.4. The summed E-state index contributed by atoms with van der Waals surface area (Å²) in [5.41, 5.74) is 2.69. The van der Waals surface area contributed by atoms with Gasteiger partial charge in [0.25, 0.3) is 5.91 Å². The van der Waals surface area contributed by atoms with Gasteiger partial charge in [0.2, 0.25) is 0 Å². The van der Waals surface area contributed by atoms with E-state index in [9.17, 15) is 14.3 Å². The Balaban J connectivity index is 1.36. The van der Waals surface area contributed by atoms with Gasteiger partial charge < -0.3 is 15.3 Å². The highest BCUT2D eigenvalue weighted by atomic mass is 32.1. The number of aliphatic hydroxyl groups excluding tert-OH is 1. The highest BCUT2D eigenvalue weighted by molar-refractivity contribution is 7.20. The maximum absolute atomic E-state index is 14.7. The number of thiophene rings is 1. The number of aliphatic hydroxyl groups is 1. The summed E-state index contributed by atoms with van der Waals surface area (Å²) in [6.45, 7) is 3.15. The lowest BCUT2D eigenvalue weighted by atomic mass is 10.1. The smallest absolute Gasteiger partial charge is 0.265 e. The molecule has 0 saturated carbocycles. The first-order valence-corrected chi connectivity index (χ1v) is 11.4. The fraction of sp³-hybridized carbons (Fsp3) is 0.250. The third-order valence-electron chi connectivity index (χ3n) is 5.78. The van der Waals surface area contributed by atoms with E-state index in [-0.39, 0.29) is 17.8 Å². The van der Waals surface area contributed by atoms with Gasteiger partial charge in [0.15, 0.2) is 0 Å². The van der Waals surface area contributed by atoms with Crippen molar-refractivity contribution >= 4 is 38.8 Å². The molecule has 1 fully saturated rings. The summed E-state index contributed by atoms with van der Waals surface area (Å²) >= 11 is 1.36. The average molecular weight is 451 g/mol. The van der Waals surface area contributed by atoms with Crippen molar-refractivity contribution < 1.29 is 14.3 Å². The van der Waals surface area contributed by atoms with E-state index in [2.05, 4.69) is 10.4 Å². The molecule has 2 aromatic carbocycles. The molecule has 5 rings (SSSR count). The molecule has 1 amide bonds. The van der Waals surface area contributed by atoms with Crippen molar-refractivity contribution in [1.29, 1.82) is 0 Å². The predicted molar refractivity (Wildman–Crippen MR) is 125 cm³/mol. The number of benzene rings is 2. The van der Waals surface area contributed by atoms with Gasteiger partial charge in [0.05, 0.1) is 28.0 Å². The van der Waals surface area contributed by atoms with E-state index in [1.54, 1.807) is 12.1 Å². The molecular weight excluding hydrogens is 427 g/mol. The van der Waals surface area contributed by atoms with Crippen molar-refractivity contribution in [1.82, 2.24) is 9.78 Å². The largest absolute Gasteiger partial charge is 0.393 e. The zero-order valence-corrected chi connectivity index (χ0v) is 18.4. The van der Waals surface area contributed by atoms with Crippen LogP contribution in [0.5, 0.6) is 0 Å². The lowest BCUT2D eigenvalue weighted by Gasteiger charge is -2.31. The highest BCUT2D eigenvalue weighted by Crippen LogP contribution is 2.31. The van der Waals surface area contributed by atoms with Crippen molar-refractivity contribution in [2.75, 3.05) is 23.3 Å². The van der Waals surface area contributed by atoms with Gasteiger partial charge in [-0.1, -0.05) is 18.2 Å². The molecule has 6 nitrogen and oxygen atoms in total. The fourth-order valence-electron chi connectivity index (χ4n) is 4.04. The predicted octanol–water partition coefficient (Wildman–Crippen LogP) is 4.75. The number of amides is 1. The molecule has 1 saturated heterocycles. The van der Waals surface area contributed by atoms with Crippen LogP contribution in [0.3, 0.4) is 0 Å². The minimum Gasteiger partial charge on any atom is -0.393 e. The van der Waals surface area contributed by atoms with Crippen LogP contribution in [-0.4, -0.2) is 40.0 Å². The fourth-order valence-corrected chi connectivity index (χ4v) is 5.12. The molecule has 8 heteroatoms. The molecule has 0 aliphatic carbocycles. The number of piperidine rings is 1. The van der Waals surface area contributed by atoms with Gasteiger partial charge in [-0.15, -0.1) is 11.3 Å². The van der Waals surface area contributed by atoms with Gasteiger partial charge in [-0.2, -0.15) is 5.10 Å².